The lowest BCUT2D eigenvalue weighted by molar-refractivity contribution is -0.137. The van der Waals surface area contributed by atoms with E-state index in [9.17, 15) is 32.3 Å². The Morgan fingerprint density at radius 1 is 1.00 bits per heavy atom. The van der Waals surface area contributed by atoms with Crippen molar-refractivity contribution in [1.29, 1.82) is 0 Å². The summed E-state index contributed by atoms with van der Waals surface area (Å²) in [6.45, 7) is -0.302. The smallest absolute Gasteiger partial charge is 0.418 e. The third-order valence-corrected chi connectivity index (χ3v) is 13.0. The number of methoxy groups -OCH3 is 1. The van der Waals surface area contributed by atoms with Crippen LogP contribution in [-0.4, -0.2) is 41.7 Å². The molecule has 2 aliphatic heterocycles. The number of para-hydroxylation sites is 1. The summed E-state index contributed by atoms with van der Waals surface area (Å²) in [7, 11) is 1.47. The molecule has 2 N–H and O–H groups in total. The van der Waals surface area contributed by atoms with Crippen molar-refractivity contribution in [2.45, 2.75) is 28.8 Å². The number of aromatic amines is 1. The number of rotatable bonds is 7. The number of aromatic nitrogens is 1. The average Bonchev–Trinajstić information content (AvgIpc) is 3.83. The van der Waals surface area contributed by atoms with Crippen molar-refractivity contribution in [3.63, 3.8) is 0 Å². The molecule has 8 rings (SSSR count). The van der Waals surface area contributed by atoms with Crippen LogP contribution in [0.5, 0.6) is 11.5 Å². The highest BCUT2D eigenvalue weighted by Crippen LogP contribution is 2.69. The first-order valence-electron chi connectivity index (χ1n) is 15.7. The molecule has 3 aromatic carbocycles. The van der Waals surface area contributed by atoms with Gasteiger partial charge in [0.05, 0.1) is 35.2 Å². The lowest BCUT2D eigenvalue weighted by Crippen LogP contribution is -2.42. The minimum atomic E-state index is -4.75. The van der Waals surface area contributed by atoms with Crippen LogP contribution in [0.2, 0.25) is 5.02 Å². The molecule has 1 saturated heterocycles. The van der Waals surface area contributed by atoms with Crippen molar-refractivity contribution in [3.05, 3.63) is 97.4 Å². The van der Waals surface area contributed by atoms with Gasteiger partial charge in [-0.1, -0.05) is 41.1 Å². The van der Waals surface area contributed by atoms with Crippen LogP contribution >= 0.6 is 34.7 Å². The first kappa shape index (κ1) is 32.9. The van der Waals surface area contributed by atoms with Gasteiger partial charge in [0.15, 0.2) is 18.1 Å². The third-order valence-electron chi connectivity index (χ3n) is 10.2. The highest BCUT2D eigenvalue weighted by molar-refractivity contribution is 8.00. The van der Waals surface area contributed by atoms with Crippen LogP contribution in [0.3, 0.4) is 0 Å². The fourth-order valence-electron chi connectivity index (χ4n) is 8.41. The van der Waals surface area contributed by atoms with Crippen LogP contribution in [0, 0.1) is 29.6 Å². The van der Waals surface area contributed by atoms with E-state index in [-0.39, 0.29) is 40.4 Å². The second kappa shape index (κ2) is 12.2. The Kier molecular flexibility index (Phi) is 8.03. The van der Waals surface area contributed by atoms with E-state index in [0.29, 0.717) is 33.7 Å². The molecule has 2 aliphatic carbocycles. The van der Waals surface area contributed by atoms with E-state index in [1.807, 2.05) is 6.07 Å². The summed E-state index contributed by atoms with van der Waals surface area (Å²) < 4.78 is 53.5. The molecule has 15 heteroatoms. The van der Waals surface area contributed by atoms with Gasteiger partial charge in [0.1, 0.15) is 0 Å². The van der Waals surface area contributed by atoms with Gasteiger partial charge in [-0.2, -0.15) is 13.2 Å². The highest BCUT2D eigenvalue weighted by Gasteiger charge is 2.70. The van der Waals surface area contributed by atoms with Gasteiger partial charge in [0, 0.05) is 26.8 Å². The second-order valence-electron chi connectivity index (χ2n) is 12.7. The summed E-state index contributed by atoms with van der Waals surface area (Å²) >= 11 is 8.48. The fraction of sp³-hybridized carbons (Fsp3) is 0.314. The zero-order valence-electron chi connectivity index (χ0n) is 26.0. The van der Waals surface area contributed by atoms with Crippen LogP contribution in [0.25, 0.3) is 0 Å². The van der Waals surface area contributed by atoms with Gasteiger partial charge in [0.2, 0.25) is 11.8 Å². The van der Waals surface area contributed by atoms with Gasteiger partial charge >= 0.3 is 11.0 Å². The number of hydrogen-bond acceptors (Lipinski definition) is 8. The Morgan fingerprint density at radius 3 is 2.44 bits per heavy atom. The van der Waals surface area contributed by atoms with E-state index >= 15 is 0 Å². The van der Waals surface area contributed by atoms with E-state index < -0.39 is 47.0 Å². The SMILES string of the molecule is COc1cc([C@H]2c3sc(=O)[nH]c3SC3C2[C@H]2C[C@@H]3C3C(=O)N(c4ccccc4C(F)(F)F)C(=O)C32)ccc1OCC(=O)Nc1ccc(Cl)cc1. The number of ether oxygens (including phenoxy) is 2. The van der Waals surface area contributed by atoms with Gasteiger partial charge in [-0.05, 0) is 78.3 Å². The fourth-order valence-corrected chi connectivity index (χ4v) is 11.4. The zero-order valence-corrected chi connectivity index (χ0v) is 28.4. The van der Waals surface area contributed by atoms with Gasteiger partial charge in [-0.3, -0.25) is 19.2 Å². The molecular formula is C35H27ClF3N3O6S2. The Morgan fingerprint density at radius 2 is 1.72 bits per heavy atom. The van der Waals surface area contributed by atoms with Crippen molar-refractivity contribution in [2.75, 3.05) is 23.9 Å². The first-order chi connectivity index (χ1) is 23.9. The van der Waals surface area contributed by atoms with Crippen molar-refractivity contribution in [2.24, 2.45) is 29.6 Å². The summed E-state index contributed by atoms with van der Waals surface area (Å²) in [5.41, 5.74) is -0.136. The number of imide groups is 1. The Labute approximate surface area is 296 Å². The zero-order chi connectivity index (χ0) is 35.1. The maximum Gasteiger partial charge on any atom is 0.418 e. The number of fused-ring (bicyclic) bond motifs is 9. The summed E-state index contributed by atoms with van der Waals surface area (Å²) in [5.74, 6) is -3.62. The summed E-state index contributed by atoms with van der Waals surface area (Å²) in [5, 5.41) is 3.79. The molecule has 4 unspecified atom stereocenters. The molecule has 2 bridgehead atoms. The van der Waals surface area contributed by atoms with E-state index in [1.54, 1.807) is 36.4 Å². The number of thioether (sulfide) groups is 1. The van der Waals surface area contributed by atoms with E-state index in [0.717, 1.165) is 32.7 Å². The van der Waals surface area contributed by atoms with Crippen LogP contribution in [-0.2, 0) is 20.6 Å². The van der Waals surface area contributed by atoms with Crippen molar-refractivity contribution in [3.8, 4) is 11.5 Å². The number of amides is 3. The van der Waals surface area contributed by atoms with E-state index in [4.69, 9.17) is 21.1 Å². The number of thiazole rings is 1. The molecule has 7 atom stereocenters. The van der Waals surface area contributed by atoms with Crippen molar-refractivity contribution >= 4 is 63.8 Å². The largest absolute Gasteiger partial charge is 0.493 e. The molecule has 4 aliphatic rings. The molecule has 1 aromatic heterocycles. The summed E-state index contributed by atoms with van der Waals surface area (Å²) in [6, 6.07) is 16.6. The topological polar surface area (TPSA) is 118 Å². The van der Waals surface area contributed by atoms with Crippen LogP contribution in [0.1, 0.15) is 28.3 Å². The van der Waals surface area contributed by atoms with E-state index in [2.05, 4.69) is 10.3 Å². The number of alkyl halides is 3. The van der Waals surface area contributed by atoms with Crippen LogP contribution in [0.15, 0.2) is 76.6 Å². The summed E-state index contributed by atoms with van der Waals surface area (Å²) in [4.78, 5) is 57.4. The molecule has 3 amide bonds. The molecule has 4 aromatic rings. The number of hydrogen-bond donors (Lipinski definition) is 2. The van der Waals surface area contributed by atoms with Crippen LogP contribution in [0.4, 0.5) is 24.5 Å². The monoisotopic (exact) mass is 741 g/mol. The Balaban J connectivity index is 1.10. The lowest BCUT2D eigenvalue weighted by atomic mass is 9.68. The second-order valence-corrected chi connectivity index (χ2v) is 15.4. The number of nitrogens with one attached hydrogen (secondary N) is 2. The van der Waals surface area contributed by atoms with E-state index in [1.165, 1.54) is 37.1 Å². The predicted octanol–water partition coefficient (Wildman–Crippen LogP) is 6.81. The van der Waals surface area contributed by atoms with Gasteiger partial charge in [-0.15, -0.1) is 11.8 Å². The number of nitrogens with zero attached hydrogens (tertiary/aromatic N) is 1. The number of benzene rings is 3. The van der Waals surface area contributed by atoms with Crippen molar-refractivity contribution < 1.29 is 37.0 Å². The number of H-pyrrole nitrogens is 1. The molecule has 0 spiro atoms. The Hall–Kier alpha value is -4.27. The van der Waals surface area contributed by atoms with Crippen molar-refractivity contribution in [1.82, 2.24) is 4.98 Å². The molecule has 9 nitrogen and oxygen atoms in total. The molecule has 258 valence electrons. The maximum atomic E-state index is 14.0. The number of carbonyl (C=O) groups excluding carboxylic acids is 3. The Bertz CT molecular complexity index is 2100. The molecule has 3 heterocycles. The molecule has 50 heavy (non-hydrogen) atoms. The minimum Gasteiger partial charge on any atom is -0.493 e. The predicted molar refractivity (Wildman–Crippen MR) is 181 cm³/mol. The molecule has 0 radical (unpaired) electrons. The summed E-state index contributed by atoms with van der Waals surface area (Å²) in [6.07, 6.45) is -4.18. The first-order valence-corrected chi connectivity index (χ1v) is 17.8. The van der Waals surface area contributed by atoms with Gasteiger partial charge < -0.3 is 19.8 Å². The quantitative estimate of drug-likeness (QED) is 0.200. The minimum absolute atomic E-state index is 0.169. The standard InChI is InChI=1S/C35H27ClF3N3O6S2/c1-47-23-12-15(6-11-22(23)48-14-24(43)40-17-9-7-16(36)8-10-17)25-26-18-13-19(29(26)49-31-30(25)50-34(46)41-31)28-27(18)32(44)42(33(28)45)21-5-3-2-4-20(21)35(37,38)39/h2-12,18-19,25-29H,13-14H2,1H3,(H,40,43)(H,41,46)/t18-,19-,25-,26?,27?,28?,29?/m1/s1. The number of carbonyl (C=O) groups is 3. The number of halogens is 4. The third kappa shape index (κ3) is 5.30. The molecular weight excluding hydrogens is 715 g/mol. The lowest BCUT2D eigenvalue weighted by Gasteiger charge is -2.43. The number of anilines is 2. The van der Waals surface area contributed by atoms with Gasteiger partial charge in [0.25, 0.3) is 5.91 Å². The van der Waals surface area contributed by atoms with Crippen LogP contribution < -0.4 is 24.6 Å². The molecule has 2 saturated carbocycles. The normalized spacial score (nSPS) is 26.4. The molecule has 3 fully saturated rings. The average molecular weight is 742 g/mol. The maximum absolute atomic E-state index is 14.0. The highest BCUT2D eigenvalue weighted by atomic mass is 35.5. The van der Waals surface area contributed by atoms with Gasteiger partial charge in [-0.25, -0.2) is 4.90 Å².